The maximum atomic E-state index is 12.5. The molecule has 0 aromatic heterocycles. The van der Waals surface area contributed by atoms with Gasteiger partial charge in [0, 0.05) is 30.5 Å². The first-order valence-corrected chi connectivity index (χ1v) is 9.73. The number of carbonyl (C=O) groups excluding carboxylic acids is 1. The number of benzene rings is 2. The first-order chi connectivity index (χ1) is 12.8. The molecule has 0 unspecified atom stereocenters. The van der Waals surface area contributed by atoms with E-state index in [4.69, 9.17) is 0 Å². The minimum Gasteiger partial charge on any atom is -0.372 e. The molecule has 2 saturated heterocycles. The van der Waals surface area contributed by atoms with Crippen molar-refractivity contribution in [2.45, 2.75) is 31.7 Å². The van der Waals surface area contributed by atoms with E-state index in [9.17, 15) is 4.79 Å². The van der Waals surface area contributed by atoms with Crippen LogP contribution in [-0.4, -0.2) is 37.0 Å². The fraction of sp³-hybridized carbons (Fsp3) is 0.409. The number of carbonyl (C=O) groups is 1. The van der Waals surface area contributed by atoms with Crippen molar-refractivity contribution in [3.05, 3.63) is 60.2 Å². The number of hydrogen-bond donors (Lipinski definition) is 1. The summed E-state index contributed by atoms with van der Waals surface area (Å²) in [5.74, 6) is 0.0711. The summed E-state index contributed by atoms with van der Waals surface area (Å²) in [6.07, 6.45) is 4.83. The lowest BCUT2D eigenvalue weighted by molar-refractivity contribution is -0.117. The van der Waals surface area contributed by atoms with Crippen molar-refractivity contribution in [2.24, 2.45) is 0 Å². The van der Waals surface area contributed by atoms with Gasteiger partial charge in [-0.3, -0.25) is 9.69 Å². The van der Waals surface area contributed by atoms with E-state index in [1.807, 2.05) is 18.2 Å². The second-order valence-electron chi connectivity index (χ2n) is 7.33. The third-order valence-corrected chi connectivity index (χ3v) is 5.52. The van der Waals surface area contributed by atoms with Gasteiger partial charge >= 0.3 is 0 Å². The molecule has 1 atom stereocenters. The second-order valence-corrected chi connectivity index (χ2v) is 7.33. The minimum atomic E-state index is 0.0711. The average Bonchev–Trinajstić information content (AvgIpc) is 3.35. The number of nitrogens with one attached hydrogen (secondary N) is 1. The van der Waals surface area contributed by atoms with Gasteiger partial charge in [-0.2, -0.15) is 0 Å². The summed E-state index contributed by atoms with van der Waals surface area (Å²) < 4.78 is 0. The first-order valence-electron chi connectivity index (χ1n) is 9.73. The van der Waals surface area contributed by atoms with Crippen LogP contribution < -0.4 is 10.2 Å². The molecular formula is C22H27N3O. The largest absolute Gasteiger partial charge is 0.372 e. The molecule has 0 radical (unpaired) electrons. The van der Waals surface area contributed by atoms with Crippen molar-refractivity contribution < 1.29 is 4.79 Å². The molecule has 0 bridgehead atoms. The Morgan fingerprint density at radius 2 is 1.65 bits per heavy atom. The van der Waals surface area contributed by atoms with Gasteiger partial charge in [-0.05, 0) is 62.1 Å². The summed E-state index contributed by atoms with van der Waals surface area (Å²) in [5, 5.41) is 3.06. The van der Waals surface area contributed by atoms with E-state index in [-0.39, 0.29) is 5.91 Å². The van der Waals surface area contributed by atoms with Crippen LogP contribution in [-0.2, 0) is 4.79 Å². The smallest absolute Gasteiger partial charge is 0.238 e. The van der Waals surface area contributed by atoms with Gasteiger partial charge in [0.05, 0.1) is 6.54 Å². The predicted octanol–water partition coefficient (Wildman–Crippen LogP) is 4.06. The second kappa shape index (κ2) is 7.92. The van der Waals surface area contributed by atoms with Crippen LogP contribution in [0, 0.1) is 0 Å². The summed E-state index contributed by atoms with van der Waals surface area (Å²) in [5.41, 5.74) is 3.45. The highest BCUT2D eigenvalue weighted by molar-refractivity contribution is 5.92. The zero-order chi connectivity index (χ0) is 17.8. The molecule has 1 amide bonds. The number of amides is 1. The molecule has 4 heteroatoms. The van der Waals surface area contributed by atoms with Gasteiger partial charge in [-0.25, -0.2) is 0 Å². The van der Waals surface area contributed by atoms with E-state index in [0.29, 0.717) is 12.6 Å². The fourth-order valence-corrected chi connectivity index (χ4v) is 4.18. The average molecular weight is 349 g/mol. The molecule has 1 N–H and O–H groups in total. The molecule has 2 fully saturated rings. The fourth-order valence-electron chi connectivity index (χ4n) is 4.18. The van der Waals surface area contributed by atoms with E-state index in [0.717, 1.165) is 38.2 Å². The Morgan fingerprint density at radius 1 is 0.923 bits per heavy atom. The molecule has 0 spiro atoms. The minimum absolute atomic E-state index is 0.0711. The van der Waals surface area contributed by atoms with Crippen molar-refractivity contribution in [2.75, 3.05) is 36.4 Å². The quantitative estimate of drug-likeness (QED) is 0.884. The normalized spacial score (nSPS) is 20.5. The van der Waals surface area contributed by atoms with Gasteiger partial charge in [-0.15, -0.1) is 0 Å². The zero-order valence-corrected chi connectivity index (χ0v) is 15.2. The molecular weight excluding hydrogens is 322 g/mol. The molecule has 2 aromatic rings. The van der Waals surface area contributed by atoms with E-state index in [1.54, 1.807) is 0 Å². The standard InChI is InChI=1S/C22H27N3O/c26-22(17-25-16-6-9-21(25)18-7-2-1-3-8-18)23-19-10-12-20(13-11-19)24-14-4-5-15-24/h1-3,7-8,10-13,21H,4-6,9,14-17H2,(H,23,26)/t21-/m1/s1. The van der Waals surface area contributed by atoms with Crippen molar-refractivity contribution in [1.29, 1.82) is 0 Å². The highest BCUT2D eigenvalue weighted by Crippen LogP contribution is 2.31. The van der Waals surface area contributed by atoms with Crippen molar-refractivity contribution in [3.8, 4) is 0 Å². The summed E-state index contributed by atoms with van der Waals surface area (Å²) in [4.78, 5) is 17.2. The Labute approximate surface area is 155 Å². The van der Waals surface area contributed by atoms with Crippen LogP contribution in [0.2, 0.25) is 0 Å². The van der Waals surface area contributed by atoms with Gasteiger partial charge in [0.2, 0.25) is 5.91 Å². The molecule has 0 aliphatic carbocycles. The van der Waals surface area contributed by atoms with Crippen LogP contribution in [0.25, 0.3) is 0 Å². The van der Waals surface area contributed by atoms with E-state index >= 15 is 0 Å². The van der Waals surface area contributed by atoms with E-state index in [2.05, 4.69) is 51.5 Å². The molecule has 0 saturated carbocycles. The number of rotatable bonds is 5. The van der Waals surface area contributed by atoms with E-state index < -0.39 is 0 Å². The third kappa shape index (κ3) is 3.91. The third-order valence-electron chi connectivity index (χ3n) is 5.52. The number of anilines is 2. The van der Waals surface area contributed by atoms with Crippen molar-refractivity contribution in [1.82, 2.24) is 4.90 Å². The van der Waals surface area contributed by atoms with Gasteiger partial charge in [-0.1, -0.05) is 30.3 Å². The molecule has 26 heavy (non-hydrogen) atoms. The van der Waals surface area contributed by atoms with Crippen LogP contribution >= 0.6 is 0 Å². The van der Waals surface area contributed by atoms with E-state index in [1.165, 1.54) is 24.1 Å². The Bertz CT molecular complexity index is 723. The molecule has 2 aliphatic heterocycles. The SMILES string of the molecule is O=C(CN1CCC[C@@H]1c1ccccc1)Nc1ccc(N2CCCC2)cc1. The number of hydrogen-bond acceptors (Lipinski definition) is 3. The Balaban J connectivity index is 1.34. The Morgan fingerprint density at radius 3 is 2.38 bits per heavy atom. The highest BCUT2D eigenvalue weighted by Gasteiger charge is 2.27. The van der Waals surface area contributed by atoms with Gasteiger partial charge in [0.1, 0.15) is 0 Å². The van der Waals surface area contributed by atoms with Crippen LogP contribution in [0.3, 0.4) is 0 Å². The molecule has 4 nitrogen and oxygen atoms in total. The molecule has 2 aliphatic rings. The maximum Gasteiger partial charge on any atom is 0.238 e. The summed E-state index contributed by atoms with van der Waals surface area (Å²) in [6, 6.07) is 19.2. The summed E-state index contributed by atoms with van der Waals surface area (Å²) >= 11 is 0. The monoisotopic (exact) mass is 349 g/mol. The summed E-state index contributed by atoms with van der Waals surface area (Å²) in [6.45, 7) is 3.72. The van der Waals surface area contributed by atoms with Crippen LogP contribution in [0.5, 0.6) is 0 Å². The van der Waals surface area contributed by atoms with Crippen LogP contribution in [0.4, 0.5) is 11.4 Å². The molecule has 136 valence electrons. The Hall–Kier alpha value is -2.33. The van der Waals surface area contributed by atoms with Gasteiger partial charge < -0.3 is 10.2 Å². The van der Waals surface area contributed by atoms with Crippen molar-refractivity contribution in [3.63, 3.8) is 0 Å². The van der Waals surface area contributed by atoms with Crippen LogP contribution in [0.1, 0.15) is 37.3 Å². The van der Waals surface area contributed by atoms with Gasteiger partial charge in [0.25, 0.3) is 0 Å². The van der Waals surface area contributed by atoms with Crippen LogP contribution in [0.15, 0.2) is 54.6 Å². The lowest BCUT2D eigenvalue weighted by Crippen LogP contribution is -2.32. The zero-order valence-electron chi connectivity index (χ0n) is 15.2. The Kier molecular flexibility index (Phi) is 5.21. The van der Waals surface area contributed by atoms with Gasteiger partial charge in [0.15, 0.2) is 0 Å². The summed E-state index contributed by atoms with van der Waals surface area (Å²) in [7, 11) is 0. The number of nitrogens with zero attached hydrogens (tertiary/aromatic N) is 2. The number of likely N-dealkylation sites (tertiary alicyclic amines) is 1. The lowest BCUT2D eigenvalue weighted by atomic mass is 10.0. The molecule has 2 aromatic carbocycles. The van der Waals surface area contributed by atoms with Crippen molar-refractivity contribution >= 4 is 17.3 Å². The molecule has 2 heterocycles. The first kappa shape index (κ1) is 17.1. The topological polar surface area (TPSA) is 35.6 Å². The molecule has 4 rings (SSSR count). The maximum absolute atomic E-state index is 12.5. The highest BCUT2D eigenvalue weighted by atomic mass is 16.2. The predicted molar refractivity (Wildman–Crippen MR) is 107 cm³/mol. The lowest BCUT2D eigenvalue weighted by Gasteiger charge is -2.24.